The fourth-order valence-corrected chi connectivity index (χ4v) is 2.16. The molecule has 0 saturated carbocycles. The Morgan fingerprint density at radius 1 is 1.00 bits per heavy atom. The highest BCUT2D eigenvalue weighted by molar-refractivity contribution is 5.96. The van der Waals surface area contributed by atoms with E-state index in [4.69, 9.17) is 0 Å². The van der Waals surface area contributed by atoms with E-state index in [2.05, 4.69) is 10.6 Å². The first kappa shape index (κ1) is 17.2. The van der Waals surface area contributed by atoms with Crippen LogP contribution in [-0.4, -0.2) is 28.9 Å². The molecule has 124 valence electrons. The second-order valence-corrected chi connectivity index (χ2v) is 5.31. The summed E-state index contributed by atoms with van der Waals surface area (Å²) >= 11 is 0. The Morgan fingerprint density at radius 3 is 2.17 bits per heavy atom. The number of hydrogen-bond acceptors (Lipinski definition) is 3. The molecule has 0 saturated heterocycles. The summed E-state index contributed by atoms with van der Waals surface area (Å²) in [5, 5.41) is 14.3. The highest BCUT2D eigenvalue weighted by Crippen LogP contribution is 2.10. The molecule has 0 aromatic heterocycles. The zero-order chi connectivity index (χ0) is 17.5. The minimum atomic E-state index is -1.11. The fourth-order valence-electron chi connectivity index (χ4n) is 2.16. The Balaban J connectivity index is 1.97. The molecule has 2 aromatic carbocycles. The molecule has 2 aromatic rings. The molecule has 0 aliphatic rings. The van der Waals surface area contributed by atoms with Crippen LogP contribution < -0.4 is 10.6 Å². The lowest BCUT2D eigenvalue weighted by atomic mass is 10.1. The Kier molecular flexibility index (Phi) is 5.68. The number of ketones is 1. The van der Waals surface area contributed by atoms with Gasteiger partial charge in [-0.05, 0) is 36.8 Å². The van der Waals surface area contributed by atoms with Crippen LogP contribution in [0.4, 0.5) is 10.5 Å². The molecular formula is C18H18N2O4. The number of rotatable bonds is 6. The van der Waals surface area contributed by atoms with Gasteiger partial charge in [0.2, 0.25) is 0 Å². The maximum absolute atomic E-state index is 12.0. The predicted octanol–water partition coefficient (Wildman–Crippen LogP) is 2.71. The summed E-state index contributed by atoms with van der Waals surface area (Å²) in [5.41, 5.74) is 1.82. The van der Waals surface area contributed by atoms with Gasteiger partial charge in [0.15, 0.2) is 5.78 Å². The molecule has 0 heterocycles. The van der Waals surface area contributed by atoms with Crippen molar-refractivity contribution < 1.29 is 19.5 Å². The number of anilines is 1. The third-order valence-corrected chi connectivity index (χ3v) is 3.44. The molecule has 0 unspecified atom stereocenters. The van der Waals surface area contributed by atoms with E-state index >= 15 is 0 Å². The Labute approximate surface area is 139 Å². The lowest BCUT2D eigenvalue weighted by Crippen LogP contribution is -2.44. The van der Waals surface area contributed by atoms with E-state index in [0.29, 0.717) is 11.3 Å². The molecular weight excluding hydrogens is 308 g/mol. The highest BCUT2D eigenvalue weighted by atomic mass is 16.4. The van der Waals surface area contributed by atoms with Gasteiger partial charge in [0.1, 0.15) is 6.04 Å². The normalized spacial score (nSPS) is 11.4. The zero-order valence-corrected chi connectivity index (χ0v) is 13.2. The summed E-state index contributed by atoms with van der Waals surface area (Å²) in [5.74, 6) is -1.18. The molecule has 1 atom stereocenters. The molecule has 2 rings (SSSR count). The van der Waals surface area contributed by atoms with E-state index in [9.17, 15) is 19.5 Å². The van der Waals surface area contributed by atoms with Crippen LogP contribution in [0.25, 0.3) is 0 Å². The third kappa shape index (κ3) is 4.95. The van der Waals surface area contributed by atoms with E-state index in [1.165, 1.54) is 6.92 Å². The lowest BCUT2D eigenvalue weighted by molar-refractivity contribution is -0.139. The molecule has 0 bridgehead atoms. The van der Waals surface area contributed by atoms with Gasteiger partial charge in [-0.3, -0.25) is 4.79 Å². The minimum absolute atomic E-state index is 0.0696. The van der Waals surface area contributed by atoms with Crippen molar-refractivity contribution in [2.75, 3.05) is 5.32 Å². The summed E-state index contributed by atoms with van der Waals surface area (Å²) in [4.78, 5) is 34.5. The standard InChI is InChI=1S/C18H18N2O4/c1-12(21)14-7-9-15(10-8-14)19-18(24)20-16(17(22)23)11-13-5-3-2-4-6-13/h2-10,16H,11H2,1H3,(H,22,23)(H2,19,20,24)/t16-/m1/s1. The Bertz CT molecular complexity index is 726. The van der Waals surface area contributed by atoms with Gasteiger partial charge in [-0.1, -0.05) is 30.3 Å². The number of hydrogen-bond donors (Lipinski definition) is 3. The molecule has 2 amide bonds. The molecule has 3 N–H and O–H groups in total. The van der Waals surface area contributed by atoms with Crippen molar-refractivity contribution in [1.82, 2.24) is 5.32 Å². The molecule has 0 aliphatic heterocycles. The smallest absolute Gasteiger partial charge is 0.326 e. The monoisotopic (exact) mass is 326 g/mol. The summed E-state index contributed by atoms with van der Waals surface area (Å²) in [6.07, 6.45) is 0.187. The van der Waals surface area contributed by atoms with Gasteiger partial charge in [-0.25, -0.2) is 9.59 Å². The summed E-state index contributed by atoms with van der Waals surface area (Å²) in [6.45, 7) is 1.45. The molecule has 0 radical (unpaired) electrons. The maximum atomic E-state index is 12.0. The Hall–Kier alpha value is -3.15. The second-order valence-electron chi connectivity index (χ2n) is 5.31. The average Bonchev–Trinajstić information content (AvgIpc) is 2.55. The van der Waals surface area contributed by atoms with Gasteiger partial charge >= 0.3 is 12.0 Å². The fraction of sp³-hybridized carbons (Fsp3) is 0.167. The van der Waals surface area contributed by atoms with E-state index in [-0.39, 0.29) is 12.2 Å². The van der Waals surface area contributed by atoms with Gasteiger partial charge in [0.05, 0.1) is 0 Å². The number of aliphatic carboxylic acids is 1. The van der Waals surface area contributed by atoms with Crippen LogP contribution in [0.3, 0.4) is 0 Å². The van der Waals surface area contributed by atoms with E-state index < -0.39 is 18.0 Å². The SMILES string of the molecule is CC(=O)c1ccc(NC(=O)N[C@H](Cc2ccccc2)C(=O)O)cc1. The minimum Gasteiger partial charge on any atom is -0.480 e. The first-order valence-electron chi connectivity index (χ1n) is 7.41. The van der Waals surface area contributed by atoms with Crippen molar-refractivity contribution in [2.45, 2.75) is 19.4 Å². The number of Topliss-reactive ketones (excluding diaryl/α,β-unsaturated/α-hetero) is 1. The van der Waals surface area contributed by atoms with Crippen molar-refractivity contribution in [3.8, 4) is 0 Å². The van der Waals surface area contributed by atoms with Crippen molar-refractivity contribution in [1.29, 1.82) is 0 Å². The van der Waals surface area contributed by atoms with Crippen LogP contribution in [0.1, 0.15) is 22.8 Å². The second kappa shape index (κ2) is 7.92. The van der Waals surface area contributed by atoms with Gasteiger partial charge in [0.25, 0.3) is 0 Å². The average molecular weight is 326 g/mol. The lowest BCUT2D eigenvalue weighted by Gasteiger charge is -2.15. The zero-order valence-electron chi connectivity index (χ0n) is 13.2. The van der Waals surface area contributed by atoms with Gasteiger partial charge < -0.3 is 15.7 Å². The number of benzene rings is 2. The summed E-state index contributed by atoms with van der Waals surface area (Å²) in [7, 11) is 0. The van der Waals surface area contributed by atoms with E-state index in [1.54, 1.807) is 36.4 Å². The van der Waals surface area contributed by atoms with Crippen LogP contribution in [0.15, 0.2) is 54.6 Å². The number of carboxylic acid groups (broad SMARTS) is 1. The molecule has 24 heavy (non-hydrogen) atoms. The third-order valence-electron chi connectivity index (χ3n) is 3.44. The number of nitrogens with one attached hydrogen (secondary N) is 2. The number of carbonyl (C=O) groups excluding carboxylic acids is 2. The topological polar surface area (TPSA) is 95.5 Å². The van der Waals surface area contributed by atoms with Gasteiger partial charge in [-0.15, -0.1) is 0 Å². The number of urea groups is 1. The van der Waals surface area contributed by atoms with E-state index in [0.717, 1.165) is 5.56 Å². The van der Waals surface area contributed by atoms with Crippen LogP contribution in [0, 0.1) is 0 Å². The molecule has 0 spiro atoms. The van der Waals surface area contributed by atoms with Crippen molar-refractivity contribution in [3.05, 3.63) is 65.7 Å². The Morgan fingerprint density at radius 2 is 1.62 bits per heavy atom. The van der Waals surface area contributed by atoms with Gasteiger partial charge in [-0.2, -0.15) is 0 Å². The predicted molar refractivity (Wildman–Crippen MR) is 90.2 cm³/mol. The van der Waals surface area contributed by atoms with Crippen LogP contribution in [-0.2, 0) is 11.2 Å². The van der Waals surface area contributed by atoms with Crippen molar-refractivity contribution >= 4 is 23.5 Å². The molecule has 6 heteroatoms. The first-order valence-corrected chi connectivity index (χ1v) is 7.41. The van der Waals surface area contributed by atoms with Crippen molar-refractivity contribution in [2.24, 2.45) is 0 Å². The van der Waals surface area contributed by atoms with Crippen LogP contribution in [0.2, 0.25) is 0 Å². The largest absolute Gasteiger partial charge is 0.480 e. The summed E-state index contributed by atoms with van der Waals surface area (Å²) < 4.78 is 0. The highest BCUT2D eigenvalue weighted by Gasteiger charge is 2.20. The molecule has 0 fully saturated rings. The molecule has 0 aliphatic carbocycles. The first-order chi connectivity index (χ1) is 11.5. The number of carbonyl (C=O) groups is 3. The van der Waals surface area contributed by atoms with Crippen LogP contribution in [0.5, 0.6) is 0 Å². The van der Waals surface area contributed by atoms with Crippen molar-refractivity contribution in [3.63, 3.8) is 0 Å². The molecule has 6 nitrogen and oxygen atoms in total. The summed E-state index contributed by atoms with van der Waals surface area (Å²) in [6, 6.07) is 13.8. The van der Waals surface area contributed by atoms with Gasteiger partial charge in [0, 0.05) is 17.7 Å². The quantitative estimate of drug-likeness (QED) is 0.711. The van der Waals surface area contributed by atoms with E-state index in [1.807, 2.05) is 18.2 Å². The van der Waals surface area contributed by atoms with Crippen LogP contribution >= 0.6 is 0 Å². The maximum Gasteiger partial charge on any atom is 0.326 e. The number of carboxylic acids is 1. The number of amides is 2.